The van der Waals surface area contributed by atoms with E-state index in [1.54, 1.807) is 18.1 Å². The van der Waals surface area contributed by atoms with Gasteiger partial charge in [0.05, 0.1) is 16.2 Å². The molecule has 25 heavy (non-hydrogen) atoms. The Morgan fingerprint density at radius 1 is 1.40 bits per heavy atom. The average molecular weight is 379 g/mol. The average Bonchev–Trinajstić information content (AvgIpc) is 3.20. The molecule has 1 aromatic heterocycles. The van der Waals surface area contributed by atoms with Crippen LogP contribution in [0.2, 0.25) is 10.0 Å². The Morgan fingerprint density at radius 3 is 2.88 bits per heavy atom. The third-order valence-electron chi connectivity index (χ3n) is 4.83. The predicted molar refractivity (Wildman–Crippen MR) is 95.4 cm³/mol. The molecule has 1 aliphatic carbocycles. The standard InChI is InChI=1S/C17H16Cl2N4O2/c1-22-20-6-14(21-22)10-5-13(18)17(19)11-4-9-2-3-23(15(25)8-24)7-12(9)16(10)11/h5-6,24H,2-4,7-8H2,1H3. The summed E-state index contributed by atoms with van der Waals surface area (Å²) in [4.78, 5) is 15.1. The Balaban J connectivity index is 1.86. The van der Waals surface area contributed by atoms with Gasteiger partial charge in [-0.3, -0.25) is 4.79 Å². The number of carbonyl (C=O) groups excluding carboxylic acids is 1. The molecule has 2 aliphatic rings. The van der Waals surface area contributed by atoms with Gasteiger partial charge in [0.25, 0.3) is 0 Å². The number of amides is 1. The van der Waals surface area contributed by atoms with Crippen LogP contribution in [0, 0.1) is 0 Å². The summed E-state index contributed by atoms with van der Waals surface area (Å²) in [5, 5.41) is 18.8. The van der Waals surface area contributed by atoms with Gasteiger partial charge in [0.2, 0.25) is 5.91 Å². The summed E-state index contributed by atoms with van der Waals surface area (Å²) in [6.45, 7) is 0.596. The Labute approximate surface area is 154 Å². The molecule has 0 saturated heterocycles. The van der Waals surface area contributed by atoms with E-state index in [9.17, 15) is 9.90 Å². The molecule has 1 aromatic carbocycles. The van der Waals surface area contributed by atoms with Crippen molar-refractivity contribution >= 4 is 34.7 Å². The molecule has 8 heteroatoms. The predicted octanol–water partition coefficient (Wildman–Crippen LogP) is 2.32. The maximum absolute atomic E-state index is 11.9. The maximum atomic E-state index is 11.9. The molecule has 1 N–H and O–H groups in total. The largest absolute Gasteiger partial charge is 0.387 e. The molecule has 1 amide bonds. The van der Waals surface area contributed by atoms with E-state index in [4.69, 9.17) is 23.2 Å². The Morgan fingerprint density at radius 2 is 2.20 bits per heavy atom. The van der Waals surface area contributed by atoms with Crippen LogP contribution in [0.4, 0.5) is 0 Å². The van der Waals surface area contributed by atoms with Gasteiger partial charge in [-0.1, -0.05) is 28.8 Å². The maximum Gasteiger partial charge on any atom is 0.248 e. The number of benzene rings is 1. The normalized spacial score (nSPS) is 16.2. The number of aromatic nitrogens is 3. The number of halogens is 2. The highest BCUT2D eigenvalue weighted by molar-refractivity contribution is 6.43. The minimum Gasteiger partial charge on any atom is -0.387 e. The number of aliphatic hydroxyl groups excluding tert-OH is 1. The van der Waals surface area contributed by atoms with Crippen LogP contribution in [0.5, 0.6) is 0 Å². The lowest BCUT2D eigenvalue weighted by Crippen LogP contribution is -2.37. The fraction of sp³-hybridized carbons (Fsp3) is 0.353. The van der Waals surface area contributed by atoms with E-state index >= 15 is 0 Å². The van der Waals surface area contributed by atoms with Crippen molar-refractivity contribution in [2.75, 3.05) is 19.7 Å². The number of fused-ring (bicyclic) bond motifs is 2. The van der Waals surface area contributed by atoms with E-state index in [0.29, 0.717) is 23.1 Å². The zero-order valence-electron chi connectivity index (χ0n) is 13.6. The highest BCUT2D eigenvalue weighted by Crippen LogP contribution is 2.47. The van der Waals surface area contributed by atoms with Gasteiger partial charge in [0.15, 0.2) is 0 Å². The summed E-state index contributed by atoms with van der Waals surface area (Å²) in [5.74, 6) is -0.263. The third-order valence-corrected chi connectivity index (χ3v) is 5.66. The molecule has 130 valence electrons. The minimum atomic E-state index is -0.478. The molecule has 4 rings (SSSR count). The number of nitrogens with zero attached hydrogens (tertiary/aromatic N) is 4. The number of rotatable bonds is 2. The van der Waals surface area contributed by atoms with Gasteiger partial charge in [-0.25, -0.2) is 0 Å². The second kappa shape index (κ2) is 6.12. The van der Waals surface area contributed by atoms with Crippen LogP contribution < -0.4 is 0 Å². The Kier molecular flexibility index (Phi) is 4.06. The summed E-state index contributed by atoms with van der Waals surface area (Å²) in [6, 6.07) is 1.81. The summed E-state index contributed by atoms with van der Waals surface area (Å²) in [6.07, 6.45) is 3.19. The number of hydrogen-bond acceptors (Lipinski definition) is 4. The summed E-state index contributed by atoms with van der Waals surface area (Å²) in [7, 11) is 1.76. The van der Waals surface area contributed by atoms with Crippen molar-refractivity contribution in [2.45, 2.75) is 12.8 Å². The van der Waals surface area contributed by atoms with Crippen LogP contribution >= 0.6 is 23.2 Å². The van der Waals surface area contributed by atoms with Gasteiger partial charge in [0, 0.05) is 25.7 Å². The van der Waals surface area contributed by atoms with Crippen LogP contribution in [0.1, 0.15) is 17.5 Å². The lowest BCUT2D eigenvalue weighted by Gasteiger charge is -2.28. The molecule has 0 atom stereocenters. The molecule has 0 bridgehead atoms. The highest BCUT2D eigenvalue weighted by Gasteiger charge is 2.33. The van der Waals surface area contributed by atoms with Gasteiger partial charge >= 0.3 is 0 Å². The van der Waals surface area contributed by atoms with Crippen LogP contribution in [0.25, 0.3) is 16.8 Å². The van der Waals surface area contributed by atoms with Crippen molar-refractivity contribution in [1.82, 2.24) is 19.9 Å². The molecular formula is C17H16Cl2N4O2. The van der Waals surface area contributed by atoms with E-state index in [0.717, 1.165) is 40.8 Å². The second-order valence-electron chi connectivity index (χ2n) is 6.28. The van der Waals surface area contributed by atoms with E-state index in [-0.39, 0.29) is 5.91 Å². The molecule has 1 aliphatic heterocycles. The molecule has 0 unspecified atom stereocenters. The van der Waals surface area contributed by atoms with Gasteiger partial charge in [-0.15, -0.1) is 0 Å². The molecule has 0 radical (unpaired) electrons. The van der Waals surface area contributed by atoms with Crippen molar-refractivity contribution in [3.8, 4) is 11.3 Å². The van der Waals surface area contributed by atoms with E-state index in [1.165, 1.54) is 10.4 Å². The fourth-order valence-corrected chi connectivity index (χ4v) is 4.08. The zero-order chi connectivity index (χ0) is 17.7. The topological polar surface area (TPSA) is 71.2 Å². The van der Waals surface area contributed by atoms with E-state index in [1.807, 2.05) is 6.07 Å². The molecule has 2 aromatic rings. The monoisotopic (exact) mass is 378 g/mol. The molecule has 2 heterocycles. The first-order valence-corrected chi connectivity index (χ1v) is 8.72. The summed E-state index contributed by atoms with van der Waals surface area (Å²) >= 11 is 12.8. The Bertz CT molecular complexity index is 920. The smallest absolute Gasteiger partial charge is 0.248 e. The zero-order valence-corrected chi connectivity index (χ0v) is 15.1. The van der Waals surface area contributed by atoms with Gasteiger partial charge in [-0.2, -0.15) is 15.0 Å². The summed E-state index contributed by atoms with van der Waals surface area (Å²) < 4.78 is 0. The summed E-state index contributed by atoms with van der Waals surface area (Å²) in [5.41, 5.74) is 5.93. The highest BCUT2D eigenvalue weighted by atomic mass is 35.5. The van der Waals surface area contributed by atoms with E-state index < -0.39 is 6.61 Å². The number of carbonyl (C=O) groups is 1. The molecule has 6 nitrogen and oxygen atoms in total. The third kappa shape index (κ3) is 2.65. The van der Waals surface area contributed by atoms with Crippen molar-refractivity contribution in [1.29, 1.82) is 0 Å². The van der Waals surface area contributed by atoms with Crippen molar-refractivity contribution in [3.05, 3.63) is 39.0 Å². The van der Waals surface area contributed by atoms with Crippen LogP contribution in [0.15, 0.2) is 17.8 Å². The van der Waals surface area contributed by atoms with Crippen molar-refractivity contribution in [3.63, 3.8) is 0 Å². The lowest BCUT2D eigenvalue weighted by molar-refractivity contribution is -0.133. The first kappa shape index (κ1) is 16.6. The van der Waals surface area contributed by atoms with E-state index in [2.05, 4.69) is 10.2 Å². The van der Waals surface area contributed by atoms with Gasteiger partial charge in [-0.05, 0) is 35.6 Å². The van der Waals surface area contributed by atoms with Crippen LogP contribution in [0.3, 0.4) is 0 Å². The Hall–Kier alpha value is -1.89. The molecular weight excluding hydrogens is 363 g/mol. The lowest BCUT2D eigenvalue weighted by atomic mass is 9.95. The molecule has 0 spiro atoms. The van der Waals surface area contributed by atoms with Gasteiger partial charge < -0.3 is 10.0 Å². The molecule has 0 fully saturated rings. The van der Waals surface area contributed by atoms with Crippen LogP contribution in [-0.2, 0) is 18.3 Å². The van der Waals surface area contributed by atoms with Gasteiger partial charge in [0.1, 0.15) is 12.3 Å². The van der Waals surface area contributed by atoms with Crippen molar-refractivity contribution in [2.24, 2.45) is 7.05 Å². The fourth-order valence-electron chi connectivity index (χ4n) is 3.64. The number of hydrogen-bond donors (Lipinski definition) is 1. The SMILES string of the molecule is Cn1ncc(-c2cc(Cl)c(Cl)c3c2C2=C(CCN(C(=O)CO)C2)C3)n1. The first-order valence-electron chi connectivity index (χ1n) is 7.97. The number of aliphatic hydroxyl groups is 1. The minimum absolute atomic E-state index is 0.263. The second-order valence-corrected chi connectivity index (χ2v) is 7.06. The molecule has 0 saturated carbocycles. The number of aryl methyl sites for hydroxylation is 1. The first-order chi connectivity index (χ1) is 12.0. The van der Waals surface area contributed by atoms with Crippen molar-refractivity contribution < 1.29 is 9.90 Å². The van der Waals surface area contributed by atoms with Crippen LogP contribution in [-0.4, -0.2) is 50.6 Å². The quantitative estimate of drug-likeness (QED) is 0.870.